The molecule has 0 saturated heterocycles. The number of rotatable bonds is 2. The van der Waals surface area contributed by atoms with Crippen molar-refractivity contribution in [3.8, 4) is 0 Å². The molecule has 13 heavy (non-hydrogen) atoms. The van der Waals surface area contributed by atoms with Crippen LogP contribution in [-0.2, 0) is 0 Å². The Balaban J connectivity index is 2.39. The molecule has 1 aliphatic rings. The number of hydrogen-bond donors (Lipinski definition) is 0. The highest BCUT2D eigenvalue weighted by atomic mass is 19.3. The Kier molecular flexibility index (Phi) is 3.31. The lowest BCUT2D eigenvalue weighted by Gasteiger charge is -2.33. The van der Waals surface area contributed by atoms with Crippen molar-refractivity contribution in [2.75, 3.05) is 0 Å². The fraction of sp³-hybridized carbons (Fsp3) is 1.00. The van der Waals surface area contributed by atoms with Gasteiger partial charge in [-0.25, -0.2) is 8.78 Å². The SMILES string of the molecule is CC(C)C1CCC(C(C)(F)F)CC1. The molecule has 0 radical (unpaired) electrons. The van der Waals surface area contributed by atoms with Crippen LogP contribution in [0.1, 0.15) is 46.5 Å². The third kappa shape index (κ3) is 2.92. The lowest BCUT2D eigenvalue weighted by molar-refractivity contribution is -0.0598. The van der Waals surface area contributed by atoms with Gasteiger partial charge in [-0.1, -0.05) is 13.8 Å². The van der Waals surface area contributed by atoms with Crippen LogP contribution in [0, 0.1) is 17.8 Å². The van der Waals surface area contributed by atoms with E-state index >= 15 is 0 Å². The molecule has 1 rings (SSSR count). The molecule has 0 aromatic heterocycles. The second-order valence-corrected chi connectivity index (χ2v) is 4.81. The van der Waals surface area contributed by atoms with E-state index in [9.17, 15) is 8.78 Å². The maximum absolute atomic E-state index is 12.9. The van der Waals surface area contributed by atoms with Crippen LogP contribution < -0.4 is 0 Å². The summed E-state index contributed by atoms with van der Waals surface area (Å²) in [6, 6.07) is 0. The Labute approximate surface area is 79.7 Å². The molecular weight excluding hydrogens is 170 g/mol. The van der Waals surface area contributed by atoms with Crippen LogP contribution in [0.2, 0.25) is 0 Å². The first-order valence-corrected chi connectivity index (χ1v) is 5.29. The first-order chi connectivity index (χ1) is 5.91. The van der Waals surface area contributed by atoms with Crippen molar-refractivity contribution in [2.24, 2.45) is 17.8 Å². The van der Waals surface area contributed by atoms with Gasteiger partial charge < -0.3 is 0 Å². The maximum Gasteiger partial charge on any atom is 0.248 e. The van der Waals surface area contributed by atoms with Crippen molar-refractivity contribution in [3.05, 3.63) is 0 Å². The molecule has 0 N–H and O–H groups in total. The molecule has 0 unspecified atom stereocenters. The molecular formula is C11H20F2. The highest BCUT2D eigenvalue weighted by Gasteiger charge is 2.37. The zero-order chi connectivity index (χ0) is 10.1. The largest absolute Gasteiger partial charge is 0.248 e. The number of halogens is 2. The summed E-state index contributed by atoms with van der Waals surface area (Å²) in [4.78, 5) is 0. The second-order valence-electron chi connectivity index (χ2n) is 4.81. The van der Waals surface area contributed by atoms with Gasteiger partial charge in [-0.3, -0.25) is 0 Å². The van der Waals surface area contributed by atoms with E-state index in [2.05, 4.69) is 13.8 Å². The molecule has 0 spiro atoms. The fourth-order valence-electron chi connectivity index (χ4n) is 2.29. The van der Waals surface area contributed by atoms with E-state index in [1.54, 1.807) is 0 Å². The third-order valence-corrected chi connectivity index (χ3v) is 3.43. The van der Waals surface area contributed by atoms with Crippen LogP contribution in [0.3, 0.4) is 0 Å². The van der Waals surface area contributed by atoms with Gasteiger partial charge in [0.2, 0.25) is 5.92 Å². The van der Waals surface area contributed by atoms with Gasteiger partial charge in [0.15, 0.2) is 0 Å². The number of alkyl halides is 2. The van der Waals surface area contributed by atoms with Crippen molar-refractivity contribution in [2.45, 2.75) is 52.4 Å². The monoisotopic (exact) mass is 190 g/mol. The highest BCUT2D eigenvalue weighted by Crippen LogP contribution is 2.40. The predicted octanol–water partition coefficient (Wildman–Crippen LogP) is 4.10. The zero-order valence-electron chi connectivity index (χ0n) is 8.82. The van der Waals surface area contributed by atoms with E-state index in [1.165, 1.54) is 0 Å². The average molecular weight is 190 g/mol. The second kappa shape index (κ2) is 3.93. The molecule has 0 aromatic rings. The number of hydrogen-bond acceptors (Lipinski definition) is 0. The van der Waals surface area contributed by atoms with E-state index < -0.39 is 5.92 Å². The summed E-state index contributed by atoms with van der Waals surface area (Å²) in [5, 5.41) is 0. The molecule has 1 aliphatic carbocycles. The molecule has 78 valence electrons. The van der Waals surface area contributed by atoms with E-state index in [1.807, 2.05) is 0 Å². The lowest BCUT2D eigenvalue weighted by atomic mass is 9.75. The van der Waals surface area contributed by atoms with E-state index in [0.29, 0.717) is 24.7 Å². The quantitative estimate of drug-likeness (QED) is 0.615. The Morgan fingerprint density at radius 3 is 1.85 bits per heavy atom. The van der Waals surface area contributed by atoms with Crippen molar-refractivity contribution < 1.29 is 8.78 Å². The molecule has 1 saturated carbocycles. The Hall–Kier alpha value is -0.140. The standard InChI is InChI=1S/C11H20F2/c1-8(2)9-4-6-10(7-5-9)11(3,12)13/h8-10H,4-7H2,1-3H3. The van der Waals surface area contributed by atoms with Gasteiger partial charge in [0.1, 0.15) is 0 Å². The average Bonchev–Trinajstić information content (AvgIpc) is 2.03. The minimum atomic E-state index is -2.46. The molecule has 0 heterocycles. The van der Waals surface area contributed by atoms with Gasteiger partial charge in [-0.15, -0.1) is 0 Å². The van der Waals surface area contributed by atoms with Crippen LogP contribution in [0.15, 0.2) is 0 Å². The highest BCUT2D eigenvalue weighted by molar-refractivity contribution is 4.80. The topological polar surface area (TPSA) is 0 Å². The normalized spacial score (nSPS) is 30.9. The summed E-state index contributed by atoms with van der Waals surface area (Å²) in [5.74, 6) is -1.48. The van der Waals surface area contributed by atoms with E-state index in [4.69, 9.17) is 0 Å². The van der Waals surface area contributed by atoms with Crippen LogP contribution in [-0.4, -0.2) is 5.92 Å². The Morgan fingerprint density at radius 2 is 1.54 bits per heavy atom. The molecule has 2 heteroatoms. The maximum atomic E-state index is 12.9. The zero-order valence-corrected chi connectivity index (χ0v) is 8.82. The van der Waals surface area contributed by atoms with Gasteiger partial charge in [0, 0.05) is 5.92 Å². The predicted molar refractivity (Wildman–Crippen MR) is 50.9 cm³/mol. The van der Waals surface area contributed by atoms with Crippen LogP contribution in [0.4, 0.5) is 8.78 Å². The molecule has 0 aliphatic heterocycles. The van der Waals surface area contributed by atoms with Gasteiger partial charge in [0.05, 0.1) is 0 Å². The third-order valence-electron chi connectivity index (χ3n) is 3.43. The van der Waals surface area contributed by atoms with E-state index in [-0.39, 0.29) is 5.92 Å². The molecule has 0 nitrogen and oxygen atoms in total. The smallest absolute Gasteiger partial charge is 0.207 e. The molecule has 0 aromatic carbocycles. The lowest BCUT2D eigenvalue weighted by Crippen LogP contribution is -2.30. The first kappa shape index (κ1) is 10.9. The van der Waals surface area contributed by atoms with Gasteiger partial charge in [0.25, 0.3) is 0 Å². The molecule has 1 fully saturated rings. The minimum absolute atomic E-state index is 0.359. The molecule has 0 amide bonds. The summed E-state index contributed by atoms with van der Waals surface area (Å²) in [6.07, 6.45) is 3.41. The first-order valence-electron chi connectivity index (χ1n) is 5.29. The van der Waals surface area contributed by atoms with Crippen molar-refractivity contribution in [1.29, 1.82) is 0 Å². The minimum Gasteiger partial charge on any atom is -0.207 e. The van der Waals surface area contributed by atoms with Crippen molar-refractivity contribution in [3.63, 3.8) is 0 Å². The Bertz CT molecular complexity index is 150. The Morgan fingerprint density at radius 1 is 1.08 bits per heavy atom. The summed E-state index contributed by atoms with van der Waals surface area (Å²) in [7, 11) is 0. The molecule has 0 bridgehead atoms. The fourth-order valence-corrected chi connectivity index (χ4v) is 2.29. The van der Waals surface area contributed by atoms with Crippen LogP contribution in [0.25, 0.3) is 0 Å². The van der Waals surface area contributed by atoms with Gasteiger partial charge in [-0.05, 0) is 44.4 Å². The van der Waals surface area contributed by atoms with Gasteiger partial charge in [-0.2, -0.15) is 0 Å². The summed E-state index contributed by atoms with van der Waals surface area (Å²) < 4.78 is 25.9. The van der Waals surface area contributed by atoms with Crippen molar-refractivity contribution >= 4 is 0 Å². The van der Waals surface area contributed by atoms with Crippen LogP contribution in [0.5, 0.6) is 0 Å². The van der Waals surface area contributed by atoms with Crippen molar-refractivity contribution in [1.82, 2.24) is 0 Å². The molecule has 0 atom stereocenters. The summed E-state index contributed by atoms with van der Waals surface area (Å²) in [6.45, 7) is 5.44. The summed E-state index contributed by atoms with van der Waals surface area (Å²) >= 11 is 0. The summed E-state index contributed by atoms with van der Waals surface area (Å²) in [5.41, 5.74) is 0. The van der Waals surface area contributed by atoms with Crippen LogP contribution >= 0.6 is 0 Å². The van der Waals surface area contributed by atoms with E-state index in [0.717, 1.165) is 19.8 Å². The van der Waals surface area contributed by atoms with Gasteiger partial charge >= 0.3 is 0 Å².